The highest BCUT2D eigenvalue weighted by molar-refractivity contribution is 8.00. The van der Waals surface area contributed by atoms with E-state index in [0.29, 0.717) is 12.2 Å². The molecule has 0 aromatic heterocycles. The van der Waals surface area contributed by atoms with E-state index in [0.717, 1.165) is 4.90 Å². The number of carbonyl (C=O) groups is 1. The molecular weight excluding hydrogens is 180 g/mol. The fourth-order valence-corrected chi connectivity index (χ4v) is 2.08. The van der Waals surface area contributed by atoms with Crippen molar-refractivity contribution >= 4 is 17.5 Å². The maximum atomic E-state index is 11.3. The molecule has 0 saturated heterocycles. The molecule has 0 amide bonds. The Hall–Kier alpha value is -0.760. The van der Waals surface area contributed by atoms with Crippen molar-refractivity contribution in [2.45, 2.75) is 30.4 Å². The summed E-state index contributed by atoms with van der Waals surface area (Å²) >= 11 is 1.63. The van der Waals surface area contributed by atoms with Gasteiger partial charge in [-0.3, -0.25) is 4.79 Å². The Kier molecular flexibility index (Phi) is 4.03. The number of benzene rings is 1. The molecule has 1 aromatic carbocycles. The van der Waals surface area contributed by atoms with Crippen LogP contribution in [0.15, 0.2) is 35.2 Å². The first-order chi connectivity index (χ1) is 6.24. The summed E-state index contributed by atoms with van der Waals surface area (Å²) < 4.78 is 0. The second-order valence-electron chi connectivity index (χ2n) is 2.89. The van der Waals surface area contributed by atoms with Gasteiger partial charge in [-0.1, -0.05) is 25.1 Å². The van der Waals surface area contributed by atoms with Crippen molar-refractivity contribution in [3.63, 3.8) is 0 Å². The molecular formula is C11H14OS. The van der Waals surface area contributed by atoms with Crippen LogP contribution in [0.25, 0.3) is 0 Å². The van der Waals surface area contributed by atoms with Gasteiger partial charge in [0.2, 0.25) is 0 Å². The van der Waals surface area contributed by atoms with Crippen LogP contribution < -0.4 is 0 Å². The van der Waals surface area contributed by atoms with Gasteiger partial charge in [-0.25, -0.2) is 0 Å². The largest absolute Gasteiger partial charge is 0.298 e. The minimum absolute atomic E-state index is 0.0763. The number of carbonyl (C=O) groups excluding carboxylic acids is 1. The summed E-state index contributed by atoms with van der Waals surface area (Å²) in [5.74, 6) is 0.314. The van der Waals surface area contributed by atoms with Crippen LogP contribution in [0.5, 0.6) is 0 Å². The molecule has 0 heterocycles. The fraction of sp³-hybridized carbons (Fsp3) is 0.364. The van der Waals surface area contributed by atoms with Gasteiger partial charge < -0.3 is 0 Å². The number of ketones is 1. The lowest BCUT2D eigenvalue weighted by molar-refractivity contribution is -0.117. The molecule has 70 valence electrons. The third kappa shape index (κ3) is 3.23. The average Bonchev–Trinajstić information content (AvgIpc) is 2.18. The molecule has 0 radical (unpaired) electrons. The van der Waals surface area contributed by atoms with Crippen LogP contribution in [0.2, 0.25) is 0 Å². The van der Waals surface area contributed by atoms with Gasteiger partial charge in [0.25, 0.3) is 0 Å². The normalized spacial score (nSPS) is 12.5. The summed E-state index contributed by atoms with van der Waals surface area (Å²) in [7, 11) is 0. The van der Waals surface area contributed by atoms with Crippen LogP contribution in [-0.4, -0.2) is 11.0 Å². The zero-order chi connectivity index (χ0) is 9.68. The molecule has 0 aliphatic rings. The Balaban J connectivity index is 2.55. The molecule has 0 saturated carbocycles. The first-order valence-corrected chi connectivity index (χ1v) is 5.36. The monoisotopic (exact) mass is 194 g/mol. The second kappa shape index (κ2) is 5.07. The number of hydrogen-bond acceptors (Lipinski definition) is 2. The lowest BCUT2D eigenvalue weighted by atomic mass is 10.2. The molecule has 2 heteroatoms. The predicted molar refractivity (Wildman–Crippen MR) is 57.1 cm³/mol. The average molecular weight is 194 g/mol. The highest BCUT2D eigenvalue weighted by Gasteiger charge is 2.11. The molecule has 1 nitrogen and oxygen atoms in total. The van der Waals surface area contributed by atoms with Gasteiger partial charge in [0.15, 0.2) is 0 Å². The Bertz CT molecular complexity index is 269. The minimum atomic E-state index is 0.0763. The molecule has 1 unspecified atom stereocenters. The highest BCUT2D eigenvalue weighted by atomic mass is 32.2. The van der Waals surface area contributed by atoms with E-state index >= 15 is 0 Å². The van der Waals surface area contributed by atoms with E-state index in [2.05, 4.69) is 0 Å². The number of thioether (sulfide) groups is 1. The third-order valence-electron chi connectivity index (χ3n) is 1.86. The van der Waals surface area contributed by atoms with E-state index in [-0.39, 0.29) is 5.25 Å². The molecule has 0 aliphatic carbocycles. The van der Waals surface area contributed by atoms with Crippen LogP contribution in [0.3, 0.4) is 0 Å². The standard InChI is InChI=1S/C11H14OS/c1-3-11(12)9(2)13-10-7-5-4-6-8-10/h4-9H,3H2,1-2H3. The molecule has 0 N–H and O–H groups in total. The van der Waals surface area contributed by atoms with Gasteiger partial charge in [0.05, 0.1) is 5.25 Å². The predicted octanol–water partition coefficient (Wildman–Crippen LogP) is 3.15. The van der Waals surface area contributed by atoms with E-state index in [1.165, 1.54) is 0 Å². The smallest absolute Gasteiger partial charge is 0.145 e. The molecule has 1 aromatic rings. The summed E-state index contributed by atoms with van der Waals surface area (Å²) in [5.41, 5.74) is 0. The number of Topliss-reactive ketones (excluding diaryl/α,β-unsaturated/α-hetero) is 1. The SMILES string of the molecule is CCC(=O)C(C)Sc1ccccc1. The molecule has 1 atom stereocenters. The minimum Gasteiger partial charge on any atom is -0.298 e. The zero-order valence-corrected chi connectivity index (χ0v) is 8.80. The van der Waals surface area contributed by atoms with Crippen molar-refractivity contribution in [2.24, 2.45) is 0 Å². The first-order valence-electron chi connectivity index (χ1n) is 4.48. The van der Waals surface area contributed by atoms with Gasteiger partial charge in [-0.15, -0.1) is 11.8 Å². The molecule has 0 fully saturated rings. The van der Waals surface area contributed by atoms with Crippen LogP contribution in [-0.2, 0) is 4.79 Å². The van der Waals surface area contributed by atoms with Gasteiger partial charge in [-0.2, -0.15) is 0 Å². The summed E-state index contributed by atoms with van der Waals surface area (Å²) in [6.45, 7) is 3.87. The summed E-state index contributed by atoms with van der Waals surface area (Å²) in [6, 6.07) is 10.0. The topological polar surface area (TPSA) is 17.1 Å². The van der Waals surface area contributed by atoms with Crippen LogP contribution >= 0.6 is 11.8 Å². The molecule has 0 spiro atoms. The molecule has 0 aliphatic heterocycles. The summed E-state index contributed by atoms with van der Waals surface area (Å²) in [5, 5.41) is 0.0763. The summed E-state index contributed by atoms with van der Waals surface area (Å²) in [6.07, 6.45) is 0.626. The van der Waals surface area contributed by atoms with Gasteiger partial charge in [-0.05, 0) is 19.1 Å². The van der Waals surface area contributed by atoms with E-state index in [9.17, 15) is 4.79 Å². The van der Waals surface area contributed by atoms with Gasteiger partial charge >= 0.3 is 0 Å². The quantitative estimate of drug-likeness (QED) is 0.685. The molecule has 1 rings (SSSR count). The van der Waals surface area contributed by atoms with Crippen molar-refractivity contribution < 1.29 is 4.79 Å². The second-order valence-corrected chi connectivity index (χ2v) is 4.31. The van der Waals surface area contributed by atoms with E-state index in [1.807, 2.05) is 44.2 Å². The van der Waals surface area contributed by atoms with E-state index < -0.39 is 0 Å². The van der Waals surface area contributed by atoms with Gasteiger partial charge in [0, 0.05) is 11.3 Å². The Labute approximate surface area is 83.5 Å². The fourth-order valence-electron chi connectivity index (χ4n) is 1.06. The van der Waals surface area contributed by atoms with Crippen LogP contribution in [0.1, 0.15) is 20.3 Å². The molecule has 13 heavy (non-hydrogen) atoms. The lowest BCUT2D eigenvalue weighted by Crippen LogP contribution is -2.10. The van der Waals surface area contributed by atoms with E-state index in [4.69, 9.17) is 0 Å². The number of hydrogen-bond donors (Lipinski definition) is 0. The van der Waals surface area contributed by atoms with E-state index in [1.54, 1.807) is 11.8 Å². The Morgan fingerprint density at radius 2 is 2.00 bits per heavy atom. The number of rotatable bonds is 4. The van der Waals surface area contributed by atoms with Crippen LogP contribution in [0.4, 0.5) is 0 Å². The van der Waals surface area contributed by atoms with Crippen molar-refractivity contribution in [1.82, 2.24) is 0 Å². The van der Waals surface area contributed by atoms with Crippen molar-refractivity contribution in [2.75, 3.05) is 0 Å². The van der Waals surface area contributed by atoms with Crippen molar-refractivity contribution in [3.05, 3.63) is 30.3 Å². The third-order valence-corrected chi connectivity index (χ3v) is 3.02. The maximum absolute atomic E-state index is 11.3. The summed E-state index contributed by atoms with van der Waals surface area (Å²) in [4.78, 5) is 12.5. The van der Waals surface area contributed by atoms with Crippen molar-refractivity contribution in [1.29, 1.82) is 0 Å². The van der Waals surface area contributed by atoms with Gasteiger partial charge in [0.1, 0.15) is 5.78 Å². The zero-order valence-electron chi connectivity index (χ0n) is 7.99. The lowest BCUT2D eigenvalue weighted by Gasteiger charge is -2.07. The highest BCUT2D eigenvalue weighted by Crippen LogP contribution is 2.23. The first kappa shape index (κ1) is 10.3. The van der Waals surface area contributed by atoms with Crippen LogP contribution in [0, 0.1) is 0 Å². The molecule has 0 bridgehead atoms. The maximum Gasteiger partial charge on any atom is 0.145 e. The Morgan fingerprint density at radius 1 is 1.38 bits per heavy atom. The van der Waals surface area contributed by atoms with Crippen molar-refractivity contribution in [3.8, 4) is 0 Å². The Morgan fingerprint density at radius 3 is 2.54 bits per heavy atom.